The highest BCUT2D eigenvalue weighted by molar-refractivity contribution is 8.00. The van der Waals surface area contributed by atoms with Crippen molar-refractivity contribution in [2.24, 2.45) is 0 Å². The number of halogens is 9. The van der Waals surface area contributed by atoms with Gasteiger partial charge < -0.3 is 16.0 Å². The van der Waals surface area contributed by atoms with Crippen LogP contribution < -0.4 is 16.0 Å². The van der Waals surface area contributed by atoms with Crippen molar-refractivity contribution >= 4 is 70.1 Å². The van der Waals surface area contributed by atoms with Crippen molar-refractivity contribution < 1.29 is 45.1 Å². The van der Waals surface area contributed by atoms with E-state index in [-0.39, 0.29) is 22.0 Å². The summed E-state index contributed by atoms with van der Waals surface area (Å²) in [7, 11) is 0. The Morgan fingerprint density at radius 3 is 1.98 bits per heavy atom. The molecular formula is C31H18Cl2F7N3O3S. The minimum atomic E-state index is -5.72. The predicted molar refractivity (Wildman–Crippen MR) is 164 cm³/mol. The Balaban J connectivity index is 1.44. The molecule has 0 heterocycles. The molecule has 6 nitrogen and oxygen atoms in total. The van der Waals surface area contributed by atoms with Crippen molar-refractivity contribution in [2.45, 2.75) is 11.1 Å². The zero-order valence-electron chi connectivity index (χ0n) is 23.2. The summed E-state index contributed by atoms with van der Waals surface area (Å²) in [6.45, 7) is 0. The molecule has 0 fully saturated rings. The van der Waals surface area contributed by atoms with Crippen LogP contribution in [0.1, 0.15) is 21.5 Å². The first kappa shape index (κ1) is 35.3. The molecule has 0 aliphatic heterocycles. The van der Waals surface area contributed by atoms with Gasteiger partial charge in [0.05, 0.1) is 5.75 Å². The van der Waals surface area contributed by atoms with Crippen LogP contribution in [0.25, 0.3) is 6.08 Å². The van der Waals surface area contributed by atoms with Gasteiger partial charge in [0.1, 0.15) is 16.9 Å². The molecule has 47 heavy (non-hydrogen) atoms. The van der Waals surface area contributed by atoms with Gasteiger partial charge in [0.2, 0.25) is 5.91 Å². The molecule has 4 aromatic rings. The van der Waals surface area contributed by atoms with E-state index in [0.29, 0.717) is 15.5 Å². The lowest BCUT2D eigenvalue weighted by Crippen LogP contribution is -2.30. The van der Waals surface area contributed by atoms with Crippen molar-refractivity contribution in [3.63, 3.8) is 0 Å². The van der Waals surface area contributed by atoms with Crippen LogP contribution in [0.15, 0.2) is 83.4 Å². The molecular weight excluding hydrogens is 698 g/mol. The normalized spacial score (nSPS) is 11.6. The maximum Gasteiger partial charge on any atom is 0.422 e. The summed E-state index contributed by atoms with van der Waals surface area (Å²) in [6.07, 6.45) is -4.38. The van der Waals surface area contributed by atoms with E-state index < -0.39 is 64.2 Å². The fourth-order valence-corrected chi connectivity index (χ4v) is 5.03. The van der Waals surface area contributed by atoms with Gasteiger partial charge in [-0.2, -0.15) is 13.2 Å². The van der Waals surface area contributed by atoms with E-state index in [4.69, 9.17) is 23.2 Å². The molecule has 0 bridgehead atoms. The Hall–Kier alpha value is -4.53. The van der Waals surface area contributed by atoms with Crippen LogP contribution in [0.3, 0.4) is 0 Å². The van der Waals surface area contributed by atoms with E-state index in [1.54, 1.807) is 41.7 Å². The number of benzene rings is 4. The second-order valence-electron chi connectivity index (χ2n) is 9.36. The molecule has 244 valence electrons. The first-order valence-electron chi connectivity index (χ1n) is 13.0. The number of alkyl halides is 3. The summed E-state index contributed by atoms with van der Waals surface area (Å²) in [5.41, 5.74) is -3.75. The third-order valence-electron chi connectivity index (χ3n) is 6.08. The first-order valence-corrected chi connectivity index (χ1v) is 14.7. The highest BCUT2D eigenvalue weighted by atomic mass is 35.5. The molecule has 4 aromatic carbocycles. The Morgan fingerprint density at radius 1 is 0.787 bits per heavy atom. The van der Waals surface area contributed by atoms with Gasteiger partial charge in [-0.3, -0.25) is 14.4 Å². The Kier molecular flexibility index (Phi) is 11.2. The molecule has 4 rings (SSSR count). The number of carbonyl (C=O) groups excluding carboxylic acids is 3. The second-order valence-corrected chi connectivity index (χ2v) is 11.3. The van der Waals surface area contributed by atoms with Gasteiger partial charge in [-0.1, -0.05) is 47.5 Å². The molecule has 0 aliphatic rings. The van der Waals surface area contributed by atoms with Crippen LogP contribution >= 0.6 is 35.0 Å². The SMILES string of the molecule is O=C(CSc1ccc(NC(=O)/C(=C/c2ccc(Cl)cc2Cl)NC(=O)c2ccccc2)cc1)Nc1c(F)c(F)c(C(F)(F)F)c(F)c1F. The lowest BCUT2D eigenvalue weighted by Gasteiger charge is -2.14. The van der Waals surface area contributed by atoms with Crippen LogP contribution in [-0.4, -0.2) is 23.5 Å². The van der Waals surface area contributed by atoms with Crippen LogP contribution in [0.2, 0.25) is 10.0 Å². The van der Waals surface area contributed by atoms with Crippen molar-refractivity contribution in [3.05, 3.63) is 128 Å². The predicted octanol–water partition coefficient (Wildman–Crippen LogP) is 8.71. The zero-order valence-corrected chi connectivity index (χ0v) is 25.6. The first-order chi connectivity index (χ1) is 22.1. The molecule has 0 radical (unpaired) electrons. The number of amides is 3. The number of rotatable bonds is 9. The van der Waals surface area contributed by atoms with Gasteiger partial charge in [-0.15, -0.1) is 11.8 Å². The van der Waals surface area contributed by atoms with E-state index in [0.717, 1.165) is 11.8 Å². The fraction of sp³-hybridized carbons (Fsp3) is 0.0645. The second kappa shape index (κ2) is 14.9. The summed E-state index contributed by atoms with van der Waals surface area (Å²) in [5, 5.41) is 7.25. The highest BCUT2D eigenvalue weighted by Crippen LogP contribution is 2.38. The molecule has 0 saturated carbocycles. The summed E-state index contributed by atoms with van der Waals surface area (Å²) in [4.78, 5) is 38.6. The van der Waals surface area contributed by atoms with Crippen LogP contribution in [-0.2, 0) is 15.8 Å². The maximum absolute atomic E-state index is 14.1. The number of carbonyl (C=O) groups is 3. The number of nitrogens with one attached hydrogen (secondary N) is 3. The Morgan fingerprint density at radius 2 is 1.40 bits per heavy atom. The van der Waals surface area contributed by atoms with E-state index in [1.807, 2.05) is 0 Å². The topological polar surface area (TPSA) is 87.3 Å². The quantitative estimate of drug-likeness (QED) is 0.0701. The Bertz CT molecular complexity index is 1840. The molecule has 0 saturated heterocycles. The van der Waals surface area contributed by atoms with Gasteiger partial charge in [0, 0.05) is 26.2 Å². The number of anilines is 2. The summed E-state index contributed by atoms with van der Waals surface area (Å²) < 4.78 is 94.2. The number of hydrogen-bond acceptors (Lipinski definition) is 4. The monoisotopic (exact) mass is 715 g/mol. The van der Waals surface area contributed by atoms with Gasteiger partial charge >= 0.3 is 6.18 Å². The molecule has 0 aromatic heterocycles. The van der Waals surface area contributed by atoms with Gasteiger partial charge in [-0.25, -0.2) is 17.6 Å². The summed E-state index contributed by atoms with van der Waals surface area (Å²) in [6, 6.07) is 18.3. The minimum Gasteiger partial charge on any atom is -0.321 e. The maximum atomic E-state index is 14.1. The number of hydrogen-bond donors (Lipinski definition) is 3. The molecule has 3 N–H and O–H groups in total. The highest BCUT2D eigenvalue weighted by Gasteiger charge is 2.42. The lowest BCUT2D eigenvalue weighted by molar-refractivity contribution is -0.143. The molecule has 0 atom stereocenters. The van der Waals surface area contributed by atoms with Gasteiger partial charge in [0.25, 0.3) is 11.8 Å². The third kappa shape index (κ3) is 8.84. The lowest BCUT2D eigenvalue weighted by atomic mass is 10.1. The van der Waals surface area contributed by atoms with Crippen molar-refractivity contribution in [2.75, 3.05) is 16.4 Å². The van der Waals surface area contributed by atoms with Crippen molar-refractivity contribution in [1.82, 2.24) is 5.32 Å². The summed E-state index contributed by atoms with van der Waals surface area (Å²) in [5.74, 6) is -13.3. The van der Waals surface area contributed by atoms with E-state index >= 15 is 0 Å². The molecule has 16 heteroatoms. The van der Waals surface area contributed by atoms with Crippen LogP contribution in [0.5, 0.6) is 0 Å². The van der Waals surface area contributed by atoms with E-state index in [1.165, 1.54) is 42.5 Å². The zero-order chi connectivity index (χ0) is 34.5. The van der Waals surface area contributed by atoms with E-state index in [2.05, 4.69) is 10.6 Å². The Labute approximate surface area is 275 Å². The van der Waals surface area contributed by atoms with Crippen molar-refractivity contribution in [1.29, 1.82) is 0 Å². The average Bonchev–Trinajstić information content (AvgIpc) is 3.02. The van der Waals surface area contributed by atoms with Crippen molar-refractivity contribution in [3.8, 4) is 0 Å². The third-order valence-corrected chi connectivity index (χ3v) is 7.66. The molecule has 0 aliphatic carbocycles. The fourth-order valence-electron chi connectivity index (χ4n) is 3.86. The van der Waals surface area contributed by atoms with Gasteiger partial charge in [-0.05, 0) is 60.2 Å². The minimum absolute atomic E-state index is 0.172. The largest absolute Gasteiger partial charge is 0.422 e. The van der Waals surface area contributed by atoms with Crippen LogP contribution in [0, 0.1) is 23.3 Å². The van der Waals surface area contributed by atoms with Gasteiger partial charge in [0.15, 0.2) is 23.3 Å². The summed E-state index contributed by atoms with van der Waals surface area (Å²) >= 11 is 13.0. The number of thioether (sulfide) groups is 1. The van der Waals surface area contributed by atoms with Crippen LogP contribution in [0.4, 0.5) is 42.1 Å². The molecule has 3 amide bonds. The smallest absolute Gasteiger partial charge is 0.321 e. The van der Waals surface area contributed by atoms with E-state index in [9.17, 15) is 45.1 Å². The average molecular weight is 716 g/mol. The standard InChI is InChI=1S/C31H18Cl2F7N3O3S/c32-17-7-6-16(20(33)13-17)12-21(42-29(45)15-4-2-1-3-5-15)30(46)41-18-8-10-19(11-9-18)47-14-22(44)43-28-26(36)24(34)23(31(38,39)40)25(35)27(28)37/h1-13H,14H2,(H,41,46)(H,42,45)(H,43,44)/b21-12-. The molecule has 0 spiro atoms. The molecule has 0 unspecified atom stereocenters.